The van der Waals surface area contributed by atoms with Crippen molar-refractivity contribution in [3.63, 3.8) is 0 Å². The maximum absolute atomic E-state index is 14.4. The molecule has 1 unspecified atom stereocenters. The van der Waals surface area contributed by atoms with Crippen LogP contribution in [0.25, 0.3) is 0 Å². The van der Waals surface area contributed by atoms with E-state index in [2.05, 4.69) is 0 Å². The maximum Gasteiger partial charge on any atom is 0.343 e. The van der Waals surface area contributed by atoms with E-state index in [0.717, 1.165) is 0 Å². The zero-order chi connectivity index (χ0) is 25.1. The van der Waals surface area contributed by atoms with E-state index in [9.17, 15) is 18.8 Å². The molecule has 1 fully saturated rings. The lowest BCUT2D eigenvalue weighted by Crippen LogP contribution is -2.29. The molecule has 3 heterocycles. The largest absolute Gasteiger partial charge is 0.497 e. The number of ether oxygens (including phenoxy) is 3. The lowest BCUT2D eigenvalue weighted by Gasteiger charge is -2.20. The van der Waals surface area contributed by atoms with Crippen molar-refractivity contribution in [2.45, 2.75) is 25.9 Å². The molecule has 1 aromatic heterocycles. The number of hydrogen-bond donors (Lipinski definition) is 0. The predicted molar refractivity (Wildman–Crippen MR) is 125 cm³/mol. The molecule has 188 valence electrons. The minimum absolute atomic E-state index is 0.0205. The van der Waals surface area contributed by atoms with E-state index in [1.807, 2.05) is 4.90 Å². The number of hydrogen-bond acceptors (Lipinski definition) is 7. The van der Waals surface area contributed by atoms with Gasteiger partial charge in [-0.2, -0.15) is 0 Å². The van der Waals surface area contributed by atoms with Crippen LogP contribution in [0, 0.1) is 11.7 Å². The molecule has 0 bridgehead atoms. The highest BCUT2D eigenvalue weighted by molar-refractivity contribution is 5.93. The summed E-state index contributed by atoms with van der Waals surface area (Å²) in [7, 11) is 4.55. The predicted octanol–water partition coefficient (Wildman–Crippen LogP) is 1.70. The van der Waals surface area contributed by atoms with Gasteiger partial charge in [0.2, 0.25) is 5.91 Å². The van der Waals surface area contributed by atoms with Crippen LogP contribution in [-0.4, -0.2) is 73.8 Å². The molecule has 0 radical (unpaired) electrons. The van der Waals surface area contributed by atoms with Gasteiger partial charge >= 0.3 is 5.97 Å². The molecule has 1 saturated heterocycles. The van der Waals surface area contributed by atoms with Crippen molar-refractivity contribution >= 4 is 11.9 Å². The Morgan fingerprint density at radius 1 is 1.14 bits per heavy atom. The first-order valence-electron chi connectivity index (χ1n) is 11.6. The number of pyridine rings is 1. The van der Waals surface area contributed by atoms with Crippen LogP contribution >= 0.6 is 0 Å². The Labute approximate surface area is 203 Å². The SMILES string of the molecule is COC(=O)c1c(OCC2CC(=O)N(C)C2)cc(=O)n2c1CCN(Cc1cc(OC)ccc1F)CC2. The number of fused-ring (bicyclic) bond motifs is 1. The number of likely N-dealkylation sites (tertiary alicyclic amines) is 1. The van der Waals surface area contributed by atoms with Gasteiger partial charge in [0.25, 0.3) is 5.56 Å². The molecule has 2 aliphatic heterocycles. The van der Waals surface area contributed by atoms with Gasteiger partial charge in [-0.1, -0.05) is 0 Å². The van der Waals surface area contributed by atoms with Crippen LogP contribution in [0.15, 0.2) is 29.1 Å². The van der Waals surface area contributed by atoms with E-state index in [-0.39, 0.29) is 41.1 Å². The highest BCUT2D eigenvalue weighted by Gasteiger charge is 2.30. The van der Waals surface area contributed by atoms with Crippen molar-refractivity contribution in [1.29, 1.82) is 0 Å². The number of carbonyl (C=O) groups is 2. The van der Waals surface area contributed by atoms with Crippen LogP contribution < -0.4 is 15.0 Å². The molecule has 0 aliphatic carbocycles. The van der Waals surface area contributed by atoms with Gasteiger partial charge in [0.05, 0.1) is 20.8 Å². The highest BCUT2D eigenvalue weighted by atomic mass is 19.1. The summed E-state index contributed by atoms with van der Waals surface area (Å²) in [4.78, 5) is 41.2. The van der Waals surface area contributed by atoms with Gasteiger partial charge in [0.1, 0.15) is 22.9 Å². The van der Waals surface area contributed by atoms with Crippen molar-refractivity contribution in [3.8, 4) is 11.5 Å². The second kappa shape index (κ2) is 10.5. The van der Waals surface area contributed by atoms with E-state index in [4.69, 9.17) is 14.2 Å². The van der Waals surface area contributed by atoms with Gasteiger partial charge in [0.15, 0.2) is 0 Å². The number of halogens is 1. The van der Waals surface area contributed by atoms with Gasteiger partial charge < -0.3 is 23.7 Å². The monoisotopic (exact) mass is 487 g/mol. The van der Waals surface area contributed by atoms with Crippen molar-refractivity contribution in [3.05, 3.63) is 57.3 Å². The number of methoxy groups -OCH3 is 2. The molecule has 9 nitrogen and oxygen atoms in total. The van der Waals surface area contributed by atoms with Crippen LogP contribution in [0.5, 0.6) is 11.5 Å². The number of esters is 1. The fourth-order valence-corrected chi connectivity index (χ4v) is 4.70. The van der Waals surface area contributed by atoms with Gasteiger partial charge in [-0.05, 0) is 18.2 Å². The second-order valence-corrected chi connectivity index (χ2v) is 8.95. The summed E-state index contributed by atoms with van der Waals surface area (Å²) in [6.07, 6.45) is 0.747. The third kappa shape index (κ3) is 5.32. The number of rotatable bonds is 7. The van der Waals surface area contributed by atoms with Crippen molar-refractivity contribution < 1.29 is 28.2 Å². The Balaban J connectivity index is 1.57. The van der Waals surface area contributed by atoms with Crippen LogP contribution in [0.4, 0.5) is 4.39 Å². The topological polar surface area (TPSA) is 90.3 Å². The first-order valence-corrected chi connectivity index (χ1v) is 11.6. The van der Waals surface area contributed by atoms with Crippen LogP contribution in [0.3, 0.4) is 0 Å². The molecule has 0 saturated carbocycles. The van der Waals surface area contributed by atoms with Crippen molar-refractivity contribution in [2.75, 3.05) is 47.5 Å². The molecular weight excluding hydrogens is 457 g/mol. The number of nitrogens with zero attached hydrogens (tertiary/aromatic N) is 3. The highest BCUT2D eigenvalue weighted by Crippen LogP contribution is 2.27. The quantitative estimate of drug-likeness (QED) is 0.549. The summed E-state index contributed by atoms with van der Waals surface area (Å²) in [5.41, 5.74) is 0.972. The molecular formula is C25H30FN3O6. The summed E-state index contributed by atoms with van der Waals surface area (Å²) in [5, 5.41) is 0. The van der Waals surface area contributed by atoms with Crippen LogP contribution in [0.2, 0.25) is 0 Å². The van der Waals surface area contributed by atoms with Crippen LogP contribution in [-0.2, 0) is 29.0 Å². The second-order valence-electron chi connectivity index (χ2n) is 8.95. The third-order valence-corrected chi connectivity index (χ3v) is 6.62. The van der Waals surface area contributed by atoms with Gasteiger partial charge in [-0.15, -0.1) is 0 Å². The number of carbonyl (C=O) groups excluding carboxylic acids is 2. The molecule has 2 aliphatic rings. The number of amides is 1. The van der Waals surface area contributed by atoms with E-state index < -0.39 is 5.97 Å². The lowest BCUT2D eigenvalue weighted by molar-refractivity contribution is -0.126. The summed E-state index contributed by atoms with van der Waals surface area (Å²) in [6.45, 7) is 2.46. The normalized spacial score (nSPS) is 18.2. The molecule has 1 atom stereocenters. The maximum atomic E-state index is 14.4. The molecule has 1 aromatic carbocycles. The molecule has 0 spiro atoms. The number of aromatic nitrogens is 1. The third-order valence-electron chi connectivity index (χ3n) is 6.62. The summed E-state index contributed by atoms with van der Waals surface area (Å²) in [5.74, 6) is -0.153. The molecule has 10 heteroatoms. The molecule has 1 amide bonds. The fourth-order valence-electron chi connectivity index (χ4n) is 4.70. The van der Waals surface area contributed by atoms with Gasteiger partial charge in [-0.25, -0.2) is 9.18 Å². The molecule has 0 N–H and O–H groups in total. The smallest absolute Gasteiger partial charge is 0.343 e. The fraction of sp³-hybridized carbons (Fsp3) is 0.480. The van der Waals surface area contributed by atoms with Gasteiger partial charge in [-0.3, -0.25) is 14.5 Å². The van der Waals surface area contributed by atoms with E-state index in [1.54, 1.807) is 28.6 Å². The van der Waals surface area contributed by atoms with E-state index in [1.165, 1.54) is 26.4 Å². The van der Waals surface area contributed by atoms with Crippen molar-refractivity contribution in [2.24, 2.45) is 5.92 Å². The average Bonchev–Trinajstić information content (AvgIpc) is 3.03. The van der Waals surface area contributed by atoms with E-state index in [0.29, 0.717) is 62.6 Å². The van der Waals surface area contributed by atoms with Crippen LogP contribution in [0.1, 0.15) is 28.0 Å². The zero-order valence-electron chi connectivity index (χ0n) is 20.2. The molecule has 35 heavy (non-hydrogen) atoms. The Kier molecular flexibility index (Phi) is 7.39. The number of benzene rings is 1. The first kappa shape index (κ1) is 24.7. The van der Waals surface area contributed by atoms with Crippen molar-refractivity contribution in [1.82, 2.24) is 14.4 Å². The molecule has 4 rings (SSSR count). The van der Waals surface area contributed by atoms with Gasteiger partial charge in [0, 0.05) is 75.9 Å². The standard InChI is InChI=1S/C25H30FN3O6/c1-27-13-16(10-22(27)30)15-35-21-12-23(31)29-9-8-28(7-6-20(29)24(21)25(32)34-3)14-17-11-18(33-2)4-5-19(17)26/h4-5,11-12,16H,6-10,13-15H2,1-3H3. The minimum Gasteiger partial charge on any atom is -0.497 e. The summed E-state index contributed by atoms with van der Waals surface area (Å²) < 4.78 is 32.1. The van der Waals surface area contributed by atoms with E-state index >= 15 is 0 Å². The molecule has 2 aromatic rings. The average molecular weight is 488 g/mol. The zero-order valence-corrected chi connectivity index (χ0v) is 20.2. The lowest BCUT2D eigenvalue weighted by atomic mass is 10.1. The first-order chi connectivity index (χ1) is 16.8. The summed E-state index contributed by atoms with van der Waals surface area (Å²) >= 11 is 0. The minimum atomic E-state index is -0.587. The Morgan fingerprint density at radius 3 is 2.63 bits per heavy atom. The Bertz CT molecular complexity index is 1180. The summed E-state index contributed by atoms with van der Waals surface area (Å²) in [6, 6.07) is 5.92. The Morgan fingerprint density at radius 2 is 1.94 bits per heavy atom. The Hall–Kier alpha value is -3.40.